The molecule has 0 radical (unpaired) electrons. The van der Waals surface area contributed by atoms with Gasteiger partial charge in [-0.2, -0.15) is 0 Å². The number of anilines is 1. The van der Waals surface area contributed by atoms with Gasteiger partial charge in [-0.3, -0.25) is 5.32 Å². The molecule has 0 spiro atoms. The number of rotatable bonds is 10. The van der Waals surface area contributed by atoms with Crippen LogP contribution < -0.4 is 10.1 Å². The van der Waals surface area contributed by atoms with Crippen molar-refractivity contribution >= 4 is 34.3 Å². The predicted octanol–water partition coefficient (Wildman–Crippen LogP) is 4.92. The van der Waals surface area contributed by atoms with Gasteiger partial charge in [-0.25, -0.2) is 9.78 Å². The van der Waals surface area contributed by atoms with Crippen LogP contribution in [-0.4, -0.2) is 57.4 Å². The quantitative estimate of drug-likeness (QED) is 0.241. The molecule has 7 nitrogen and oxygen atoms in total. The van der Waals surface area contributed by atoms with E-state index in [9.17, 15) is 4.79 Å². The molecule has 186 valence electrons. The highest BCUT2D eigenvalue weighted by Crippen LogP contribution is 2.31. The third kappa shape index (κ3) is 7.10. The topological polar surface area (TPSA) is 94.9 Å². The fourth-order valence-corrected chi connectivity index (χ4v) is 6.43. The van der Waals surface area contributed by atoms with Gasteiger partial charge in [0, 0.05) is 18.3 Å². The number of thiazole rings is 1. The van der Waals surface area contributed by atoms with E-state index in [0.29, 0.717) is 24.2 Å². The van der Waals surface area contributed by atoms with Crippen LogP contribution in [-0.2, 0) is 12.8 Å². The van der Waals surface area contributed by atoms with Crippen molar-refractivity contribution in [1.82, 2.24) is 9.88 Å². The Morgan fingerprint density at radius 2 is 2.06 bits per heavy atom. The Balaban J connectivity index is 1.31. The number of carbonyl (C=O) groups is 1. The molecule has 1 heterocycles. The summed E-state index contributed by atoms with van der Waals surface area (Å²) in [5, 5.41) is 21.6. The first kappa shape index (κ1) is 25.3. The number of nitrogens with one attached hydrogen (secondary N) is 1. The van der Waals surface area contributed by atoms with Gasteiger partial charge >= 0.3 is 6.03 Å². The minimum Gasteiger partial charge on any atom is -0.494 e. The summed E-state index contributed by atoms with van der Waals surface area (Å²) in [4.78, 5) is 19.5. The van der Waals surface area contributed by atoms with Crippen molar-refractivity contribution in [2.45, 2.75) is 74.8 Å². The summed E-state index contributed by atoms with van der Waals surface area (Å²) in [7, 11) is 0. The maximum absolute atomic E-state index is 13.2. The number of benzene rings is 1. The summed E-state index contributed by atoms with van der Waals surface area (Å²) < 4.78 is 6.86. The molecule has 3 N–H and O–H groups in total. The van der Waals surface area contributed by atoms with Crippen molar-refractivity contribution in [3.63, 3.8) is 0 Å². The van der Waals surface area contributed by atoms with E-state index in [2.05, 4.69) is 35.4 Å². The largest absolute Gasteiger partial charge is 0.494 e. The van der Waals surface area contributed by atoms with E-state index in [1.165, 1.54) is 47.1 Å². The number of aliphatic hydroxyl groups excluding tert-OH is 1. The monoisotopic (exact) mass is 505 g/mol. The number of aliphatic hydroxyl groups is 2. The molecule has 1 aromatic heterocycles. The lowest BCUT2D eigenvalue weighted by Crippen LogP contribution is -2.45. The van der Waals surface area contributed by atoms with Crippen LogP contribution in [0.4, 0.5) is 9.93 Å². The first-order chi connectivity index (χ1) is 16.5. The zero-order valence-electron chi connectivity index (χ0n) is 19.7. The molecular weight excluding hydrogens is 470 g/mol. The second kappa shape index (κ2) is 12.2. The molecule has 0 saturated heterocycles. The first-order valence-electron chi connectivity index (χ1n) is 12.2. The first-order valence-corrected chi connectivity index (χ1v) is 14.0. The minimum atomic E-state index is -1.37. The molecule has 2 aromatic rings. The van der Waals surface area contributed by atoms with Crippen molar-refractivity contribution in [2.75, 3.05) is 24.2 Å². The molecule has 1 saturated carbocycles. The zero-order chi connectivity index (χ0) is 23.9. The number of aromatic nitrogens is 1. The number of hydrogen-bond donors (Lipinski definition) is 3. The third-order valence-electron chi connectivity index (χ3n) is 6.64. The summed E-state index contributed by atoms with van der Waals surface area (Å²) in [5.41, 5.74) is 2.85. The Labute approximate surface area is 209 Å². The Hall–Kier alpha value is -1.81. The van der Waals surface area contributed by atoms with Crippen molar-refractivity contribution in [2.24, 2.45) is 5.92 Å². The van der Waals surface area contributed by atoms with Gasteiger partial charge in [-0.1, -0.05) is 24.3 Å². The van der Waals surface area contributed by atoms with E-state index in [1.54, 1.807) is 6.20 Å². The van der Waals surface area contributed by atoms with Crippen LogP contribution in [0.1, 0.15) is 56.6 Å². The fraction of sp³-hybridized carbons (Fsp3) is 0.600. The number of urea groups is 1. The van der Waals surface area contributed by atoms with Crippen LogP contribution in [0.3, 0.4) is 0 Å². The molecule has 9 heteroatoms. The fourth-order valence-electron chi connectivity index (χ4n) is 4.77. The van der Waals surface area contributed by atoms with Crippen LogP contribution >= 0.6 is 23.1 Å². The van der Waals surface area contributed by atoms with Gasteiger partial charge in [-0.15, -0.1) is 11.8 Å². The predicted molar refractivity (Wildman–Crippen MR) is 137 cm³/mol. The lowest BCUT2D eigenvalue weighted by atomic mass is 9.86. The lowest BCUT2D eigenvalue weighted by molar-refractivity contribution is -0.0186. The molecule has 4 rings (SSSR count). The molecule has 1 aromatic carbocycles. The van der Waals surface area contributed by atoms with Gasteiger partial charge in [0.1, 0.15) is 5.75 Å². The molecule has 2 amide bonds. The molecule has 2 aliphatic carbocycles. The van der Waals surface area contributed by atoms with Crippen LogP contribution in [0.15, 0.2) is 28.6 Å². The number of ether oxygens (including phenoxy) is 1. The van der Waals surface area contributed by atoms with Crippen molar-refractivity contribution in [3.05, 3.63) is 35.5 Å². The number of fused-ring (bicyclic) bond motifs is 1. The maximum Gasteiger partial charge on any atom is 0.323 e. The van der Waals surface area contributed by atoms with Crippen LogP contribution in [0, 0.1) is 5.92 Å². The maximum atomic E-state index is 13.2. The highest BCUT2D eigenvalue weighted by atomic mass is 32.2. The Morgan fingerprint density at radius 3 is 2.85 bits per heavy atom. The average molecular weight is 506 g/mol. The SMILES string of the molecule is CC1CCC(N(CCCOc2ccc3c(c2)CCC3)C(=O)Nc2ncc(SCC(O)O)s2)CC1. The van der Waals surface area contributed by atoms with E-state index < -0.39 is 6.29 Å². The number of nitrogens with zero attached hydrogens (tertiary/aromatic N) is 2. The molecule has 0 bridgehead atoms. The highest BCUT2D eigenvalue weighted by Gasteiger charge is 2.28. The van der Waals surface area contributed by atoms with E-state index in [0.717, 1.165) is 48.5 Å². The Morgan fingerprint density at radius 1 is 1.26 bits per heavy atom. The standard InChI is InChI=1S/C25H35N3O4S2/c1-17-6-9-20(10-7-17)28(25(31)27-24-26-15-23(34-24)33-16-22(29)30)12-3-13-32-21-11-8-18-4-2-5-19(18)14-21/h8,11,14-15,17,20,22,29-30H,2-7,9-10,12-13,16H2,1H3,(H,26,27,31). The minimum absolute atomic E-state index is 0.120. The Bertz CT molecular complexity index is 944. The van der Waals surface area contributed by atoms with E-state index in [4.69, 9.17) is 14.9 Å². The number of hydrogen-bond acceptors (Lipinski definition) is 7. The second-order valence-electron chi connectivity index (χ2n) is 9.30. The number of carbonyl (C=O) groups excluding carboxylic acids is 1. The molecule has 34 heavy (non-hydrogen) atoms. The summed E-state index contributed by atoms with van der Waals surface area (Å²) in [6, 6.07) is 6.52. The van der Waals surface area contributed by atoms with Gasteiger partial charge in [0.05, 0.1) is 17.0 Å². The van der Waals surface area contributed by atoms with Gasteiger partial charge in [-0.05, 0) is 80.5 Å². The Kier molecular flexibility index (Phi) is 9.10. The van der Waals surface area contributed by atoms with Crippen molar-refractivity contribution < 1.29 is 19.7 Å². The van der Waals surface area contributed by atoms with E-state index in [1.807, 2.05) is 4.90 Å². The highest BCUT2D eigenvalue weighted by molar-refractivity contribution is 8.01. The van der Waals surface area contributed by atoms with Gasteiger partial charge in [0.15, 0.2) is 11.4 Å². The molecule has 0 unspecified atom stereocenters. The summed E-state index contributed by atoms with van der Waals surface area (Å²) >= 11 is 2.66. The molecule has 2 aliphatic rings. The van der Waals surface area contributed by atoms with Crippen LogP contribution in [0.25, 0.3) is 0 Å². The molecule has 0 aliphatic heterocycles. The lowest BCUT2D eigenvalue weighted by Gasteiger charge is -2.36. The number of thioether (sulfide) groups is 1. The van der Waals surface area contributed by atoms with Crippen molar-refractivity contribution in [1.29, 1.82) is 0 Å². The average Bonchev–Trinajstić information content (AvgIpc) is 3.47. The van der Waals surface area contributed by atoms with E-state index >= 15 is 0 Å². The van der Waals surface area contributed by atoms with E-state index in [-0.39, 0.29) is 17.8 Å². The van der Waals surface area contributed by atoms with Crippen LogP contribution in [0.5, 0.6) is 5.75 Å². The zero-order valence-corrected chi connectivity index (χ0v) is 21.4. The summed E-state index contributed by atoms with van der Waals surface area (Å²) in [6.07, 6.45) is 8.92. The smallest absolute Gasteiger partial charge is 0.323 e. The molecule has 1 fully saturated rings. The third-order valence-corrected chi connectivity index (χ3v) is 8.81. The normalized spacial score (nSPS) is 19.8. The second-order valence-corrected chi connectivity index (χ2v) is 11.7. The van der Waals surface area contributed by atoms with Gasteiger partial charge in [0.2, 0.25) is 0 Å². The van der Waals surface area contributed by atoms with Gasteiger partial charge in [0.25, 0.3) is 0 Å². The van der Waals surface area contributed by atoms with Crippen LogP contribution in [0.2, 0.25) is 0 Å². The number of aryl methyl sites for hydroxylation is 2. The van der Waals surface area contributed by atoms with Gasteiger partial charge < -0.3 is 19.8 Å². The summed E-state index contributed by atoms with van der Waals surface area (Å²) in [6.45, 7) is 3.50. The number of amides is 2. The molecular formula is C25H35N3O4S2. The molecule has 0 atom stereocenters. The summed E-state index contributed by atoms with van der Waals surface area (Å²) in [5.74, 6) is 1.81. The van der Waals surface area contributed by atoms with Crippen molar-refractivity contribution in [3.8, 4) is 5.75 Å².